The second kappa shape index (κ2) is 6.73. The molecule has 27 heavy (non-hydrogen) atoms. The number of sulfonamides is 1. The summed E-state index contributed by atoms with van der Waals surface area (Å²) in [6.07, 6.45) is -3.10. The zero-order valence-corrected chi connectivity index (χ0v) is 15.1. The van der Waals surface area contributed by atoms with Crippen molar-refractivity contribution in [3.05, 3.63) is 65.7 Å². The standard InChI is InChI=1S/C18H15F3N2O3S/c1-11-6-7-13(16-10-22-12(2)26-16)8-17(11)27(24,25)23-15-5-3-4-14(9-15)18(19,20)21/h3-10,23H,1-2H3. The molecule has 3 rings (SSSR count). The Labute approximate surface area is 153 Å². The number of halogens is 3. The van der Waals surface area contributed by atoms with Crippen LogP contribution in [0.4, 0.5) is 18.9 Å². The summed E-state index contributed by atoms with van der Waals surface area (Å²) in [5, 5.41) is 0. The number of oxazole rings is 1. The largest absolute Gasteiger partial charge is 0.441 e. The summed E-state index contributed by atoms with van der Waals surface area (Å²) < 4.78 is 71.6. The van der Waals surface area contributed by atoms with Crippen LogP contribution in [0.1, 0.15) is 17.0 Å². The van der Waals surface area contributed by atoms with Crippen molar-refractivity contribution in [3.63, 3.8) is 0 Å². The molecule has 3 aromatic rings. The SMILES string of the molecule is Cc1ncc(-c2ccc(C)c(S(=O)(=O)Nc3cccc(C(F)(F)F)c3)c2)o1. The molecule has 0 bridgehead atoms. The number of rotatable bonds is 4. The van der Waals surface area contributed by atoms with Crippen LogP contribution in [0, 0.1) is 13.8 Å². The van der Waals surface area contributed by atoms with Gasteiger partial charge >= 0.3 is 6.18 Å². The van der Waals surface area contributed by atoms with Crippen LogP contribution in [0.25, 0.3) is 11.3 Å². The summed E-state index contributed by atoms with van der Waals surface area (Å²) in [4.78, 5) is 3.91. The van der Waals surface area contributed by atoms with Crippen molar-refractivity contribution in [1.29, 1.82) is 0 Å². The van der Waals surface area contributed by atoms with E-state index in [1.807, 2.05) is 0 Å². The van der Waals surface area contributed by atoms with Crippen molar-refractivity contribution in [1.82, 2.24) is 4.98 Å². The van der Waals surface area contributed by atoms with Crippen LogP contribution in [0.3, 0.4) is 0 Å². The summed E-state index contributed by atoms with van der Waals surface area (Å²) in [6, 6.07) is 8.68. The lowest BCUT2D eigenvalue weighted by molar-refractivity contribution is -0.137. The number of alkyl halides is 3. The van der Waals surface area contributed by atoms with Gasteiger partial charge in [-0.15, -0.1) is 0 Å². The van der Waals surface area contributed by atoms with Gasteiger partial charge in [0.1, 0.15) is 0 Å². The molecule has 0 fully saturated rings. The summed E-state index contributed by atoms with van der Waals surface area (Å²) in [6.45, 7) is 3.25. The number of anilines is 1. The average Bonchev–Trinajstić information content (AvgIpc) is 3.00. The van der Waals surface area contributed by atoms with Gasteiger partial charge in [-0.05, 0) is 36.8 Å². The predicted octanol–water partition coefficient (Wildman–Crippen LogP) is 4.78. The maximum absolute atomic E-state index is 12.8. The normalized spacial score (nSPS) is 12.2. The first-order chi connectivity index (χ1) is 12.6. The van der Waals surface area contributed by atoms with Gasteiger partial charge in [0.05, 0.1) is 16.7 Å². The van der Waals surface area contributed by atoms with Gasteiger partial charge in [0.2, 0.25) is 0 Å². The average molecular weight is 396 g/mol. The molecule has 0 saturated carbocycles. The summed E-state index contributed by atoms with van der Waals surface area (Å²) in [5.41, 5.74) is -0.185. The molecule has 2 aromatic carbocycles. The Hall–Kier alpha value is -2.81. The van der Waals surface area contributed by atoms with Crippen LogP contribution in [-0.4, -0.2) is 13.4 Å². The number of nitrogens with zero attached hydrogens (tertiary/aromatic N) is 1. The molecule has 0 spiro atoms. The lowest BCUT2D eigenvalue weighted by Crippen LogP contribution is -2.15. The van der Waals surface area contributed by atoms with E-state index in [1.165, 1.54) is 18.3 Å². The molecule has 0 unspecified atom stereocenters. The van der Waals surface area contributed by atoms with E-state index in [-0.39, 0.29) is 10.6 Å². The van der Waals surface area contributed by atoms with Crippen LogP contribution in [0.15, 0.2) is 58.0 Å². The number of aryl methyl sites for hydroxylation is 2. The fraction of sp³-hybridized carbons (Fsp3) is 0.167. The quantitative estimate of drug-likeness (QED) is 0.689. The minimum absolute atomic E-state index is 0.0635. The van der Waals surface area contributed by atoms with E-state index in [1.54, 1.807) is 26.0 Å². The Morgan fingerprint density at radius 3 is 2.44 bits per heavy atom. The first-order valence-electron chi connectivity index (χ1n) is 7.80. The Kier molecular flexibility index (Phi) is 4.73. The molecule has 5 nitrogen and oxygen atoms in total. The van der Waals surface area contributed by atoms with E-state index in [0.717, 1.165) is 18.2 Å². The molecule has 0 saturated heterocycles. The van der Waals surface area contributed by atoms with Gasteiger partial charge in [0, 0.05) is 18.2 Å². The molecule has 9 heteroatoms. The van der Waals surface area contributed by atoms with Crippen molar-refractivity contribution >= 4 is 15.7 Å². The number of aromatic nitrogens is 1. The monoisotopic (exact) mass is 396 g/mol. The highest BCUT2D eigenvalue weighted by atomic mass is 32.2. The van der Waals surface area contributed by atoms with Crippen molar-refractivity contribution in [3.8, 4) is 11.3 Å². The van der Waals surface area contributed by atoms with Gasteiger partial charge in [-0.1, -0.05) is 18.2 Å². The fourth-order valence-corrected chi connectivity index (χ4v) is 3.83. The van der Waals surface area contributed by atoms with Gasteiger partial charge in [-0.3, -0.25) is 4.72 Å². The van der Waals surface area contributed by atoms with Crippen LogP contribution in [0.2, 0.25) is 0 Å². The van der Waals surface area contributed by atoms with E-state index in [0.29, 0.717) is 22.8 Å². The van der Waals surface area contributed by atoms with E-state index in [4.69, 9.17) is 4.42 Å². The Morgan fingerprint density at radius 1 is 1.07 bits per heavy atom. The third-order valence-electron chi connectivity index (χ3n) is 3.83. The zero-order valence-electron chi connectivity index (χ0n) is 14.3. The minimum atomic E-state index is -4.57. The van der Waals surface area contributed by atoms with Crippen molar-refractivity contribution in [2.45, 2.75) is 24.9 Å². The van der Waals surface area contributed by atoms with E-state index >= 15 is 0 Å². The molecule has 142 valence electrons. The number of hydrogen-bond donors (Lipinski definition) is 1. The molecule has 1 aromatic heterocycles. The van der Waals surface area contributed by atoms with Gasteiger partial charge in [-0.2, -0.15) is 13.2 Å². The summed E-state index contributed by atoms with van der Waals surface area (Å²) >= 11 is 0. The van der Waals surface area contributed by atoms with Crippen molar-refractivity contribution in [2.24, 2.45) is 0 Å². The number of nitrogens with one attached hydrogen (secondary N) is 1. The topological polar surface area (TPSA) is 72.2 Å². The maximum atomic E-state index is 12.8. The second-order valence-corrected chi connectivity index (χ2v) is 7.56. The Bertz CT molecular complexity index is 1090. The lowest BCUT2D eigenvalue weighted by atomic mass is 10.1. The summed E-state index contributed by atoms with van der Waals surface area (Å²) in [7, 11) is -4.11. The summed E-state index contributed by atoms with van der Waals surface area (Å²) in [5.74, 6) is 0.820. The number of hydrogen-bond acceptors (Lipinski definition) is 4. The molecule has 0 amide bonds. The lowest BCUT2D eigenvalue weighted by Gasteiger charge is -2.13. The molecule has 0 aliphatic carbocycles. The molecule has 0 radical (unpaired) electrons. The molecule has 1 heterocycles. The van der Waals surface area contributed by atoms with Crippen LogP contribution < -0.4 is 4.72 Å². The van der Waals surface area contributed by atoms with Crippen LogP contribution >= 0.6 is 0 Å². The molecule has 1 N–H and O–H groups in total. The minimum Gasteiger partial charge on any atom is -0.441 e. The van der Waals surface area contributed by atoms with Crippen molar-refractivity contribution < 1.29 is 26.0 Å². The van der Waals surface area contributed by atoms with E-state index in [9.17, 15) is 21.6 Å². The molecule has 0 aliphatic heterocycles. The third-order valence-corrected chi connectivity index (χ3v) is 5.35. The smallest absolute Gasteiger partial charge is 0.416 e. The van der Waals surface area contributed by atoms with E-state index < -0.39 is 21.8 Å². The fourth-order valence-electron chi connectivity index (χ4n) is 2.51. The van der Waals surface area contributed by atoms with Gasteiger partial charge < -0.3 is 4.42 Å². The van der Waals surface area contributed by atoms with Gasteiger partial charge in [0.25, 0.3) is 10.0 Å². The highest BCUT2D eigenvalue weighted by Crippen LogP contribution is 2.32. The highest BCUT2D eigenvalue weighted by Gasteiger charge is 2.31. The third kappa shape index (κ3) is 4.13. The molecular formula is C18H15F3N2O3S. The Morgan fingerprint density at radius 2 is 1.81 bits per heavy atom. The molecular weight excluding hydrogens is 381 g/mol. The predicted molar refractivity (Wildman–Crippen MR) is 93.7 cm³/mol. The second-order valence-electron chi connectivity index (χ2n) is 5.91. The maximum Gasteiger partial charge on any atom is 0.416 e. The molecule has 0 aliphatic rings. The number of benzene rings is 2. The zero-order chi connectivity index (χ0) is 19.8. The van der Waals surface area contributed by atoms with Crippen LogP contribution in [0.5, 0.6) is 0 Å². The Balaban J connectivity index is 1.98. The highest BCUT2D eigenvalue weighted by molar-refractivity contribution is 7.92. The first-order valence-corrected chi connectivity index (χ1v) is 9.28. The van der Waals surface area contributed by atoms with Gasteiger partial charge in [0.15, 0.2) is 11.7 Å². The van der Waals surface area contributed by atoms with Crippen molar-refractivity contribution in [2.75, 3.05) is 4.72 Å². The van der Waals surface area contributed by atoms with Crippen LogP contribution in [-0.2, 0) is 16.2 Å². The van der Waals surface area contributed by atoms with Gasteiger partial charge in [-0.25, -0.2) is 13.4 Å². The van der Waals surface area contributed by atoms with E-state index in [2.05, 4.69) is 9.71 Å². The molecule has 0 atom stereocenters. The first kappa shape index (κ1) is 19.0.